The quantitative estimate of drug-likeness (QED) is 0.896. The molecule has 18 heavy (non-hydrogen) atoms. The number of aromatic nitrogens is 2. The normalized spacial score (nSPS) is 12.6. The van der Waals surface area contributed by atoms with Gasteiger partial charge in [-0.25, -0.2) is 4.98 Å². The van der Waals surface area contributed by atoms with Gasteiger partial charge in [0, 0.05) is 30.4 Å². The number of benzene rings is 1. The number of hydrogen-bond acceptors (Lipinski definition) is 3. The number of aryl methyl sites for hydroxylation is 1. The zero-order chi connectivity index (χ0) is 13.0. The van der Waals surface area contributed by atoms with E-state index in [0.717, 1.165) is 11.6 Å². The molecular formula is C14H19N3S. The Morgan fingerprint density at radius 3 is 2.56 bits per heavy atom. The molecule has 0 aliphatic heterocycles. The summed E-state index contributed by atoms with van der Waals surface area (Å²) in [4.78, 5) is 5.54. The van der Waals surface area contributed by atoms with Crippen LogP contribution in [0.3, 0.4) is 0 Å². The average Bonchev–Trinajstić information content (AvgIpc) is 2.79. The van der Waals surface area contributed by atoms with E-state index in [2.05, 4.69) is 41.5 Å². The van der Waals surface area contributed by atoms with Crippen LogP contribution in [0.2, 0.25) is 0 Å². The number of nitrogens with one attached hydrogen (secondary N) is 1. The lowest BCUT2D eigenvalue weighted by Gasteiger charge is -2.14. The van der Waals surface area contributed by atoms with E-state index < -0.39 is 0 Å². The van der Waals surface area contributed by atoms with E-state index in [1.54, 1.807) is 11.8 Å². The molecule has 1 unspecified atom stereocenters. The molecule has 0 aliphatic rings. The van der Waals surface area contributed by atoms with Crippen molar-refractivity contribution in [1.82, 2.24) is 14.9 Å². The van der Waals surface area contributed by atoms with E-state index in [1.807, 2.05) is 31.1 Å². The van der Waals surface area contributed by atoms with Crippen molar-refractivity contribution < 1.29 is 0 Å². The van der Waals surface area contributed by atoms with E-state index in [4.69, 9.17) is 0 Å². The van der Waals surface area contributed by atoms with Gasteiger partial charge in [0.1, 0.15) is 0 Å². The van der Waals surface area contributed by atoms with Crippen molar-refractivity contribution in [2.24, 2.45) is 7.05 Å². The lowest BCUT2D eigenvalue weighted by molar-refractivity contribution is 0.576. The molecule has 0 radical (unpaired) electrons. The summed E-state index contributed by atoms with van der Waals surface area (Å²) in [6.45, 7) is 2.19. The number of rotatable bonds is 5. The molecule has 0 saturated heterocycles. The van der Waals surface area contributed by atoms with Crippen molar-refractivity contribution in [2.75, 3.05) is 7.05 Å². The predicted octanol–water partition coefficient (Wildman–Crippen LogP) is 3.24. The molecule has 2 rings (SSSR count). The first-order chi connectivity index (χ1) is 8.74. The molecule has 1 heterocycles. The Bertz CT molecular complexity index is 486. The first kappa shape index (κ1) is 13.2. The largest absolute Gasteiger partial charge is 0.329 e. The Balaban J connectivity index is 2.10. The Labute approximate surface area is 113 Å². The lowest BCUT2D eigenvalue weighted by atomic mass is 10.1. The molecule has 0 amide bonds. The molecule has 3 nitrogen and oxygen atoms in total. The molecular weight excluding hydrogens is 242 g/mol. The van der Waals surface area contributed by atoms with Gasteiger partial charge in [-0.1, -0.05) is 30.8 Å². The van der Waals surface area contributed by atoms with Crippen molar-refractivity contribution in [1.29, 1.82) is 0 Å². The Morgan fingerprint density at radius 1 is 1.33 bits per heavy atom. The monoisotopic (exact) mass is 261 g/mol. The molecule has 0 saturated carbocycles. The zero-order valence-electron chi connectivity index (χ0n) is 11.1. The highest BCUT2D eigenvalue weighted by Gasteiger charge is 2.07. The van der Waals surface area contributed by atoms with Crippen molar-refractivity contribution in [3.63, 3.8) is 0 Å². The van der Waals surface area contributed by atoms with Gasteiger partial charge in [-0.2, -0.15) is 0 Å². The third kappa shape index (κ3) is 2.94. The maximum atomic E-state index is 4.31. The molecule has 1 aromatic heterocycles. The minimum atomic E-state index is 0.442. The molecule has 0 bridgehead atoms. The standard InChI is InChI=1S/C14H19N3S/c1-4-13(15-2)11-5-7-12(8-6-11)18-14-16-9-10-17(14)3/h5-10,13,15H,4H2,1-3H3. The van der Waals surface area contributed by atoms with Crippen molar-refractivity contribution in [3.8, 4) is 0 Å². The van der Waals surface area contributed by atoms with E-state index in [-0.39, 0.29) is 0 Å². The molecule has 1 N–H and O–H groups in total. The fraction of sp³-hybridized carbons (Fsp3) is 0.357. The summed E-state index contributed by atoms with van der Waals surface area (Å²) in [5.74, 6) is 0. The zero-order valence-corrected chi connectivity index (χ0v) is 11.9. The second-order valence-electron chi connectivity index (χ2n) is 4.24. The van der Waals surface area contributed by atoms with E-state index >= 15 is 0 Å². The van der Waals surface area contributed by atoms with Crippen LogP contribution in [0.15, 0.2) is 46.7 Å². The number of nitrogens with zero attached hydrogens (tertiary/aromatic N) is 2. The summed E-state index contributed by atoms with van der Waals surface area (Å²) in [5.41, 5.74) is 1.34. The summed E-state index contributed by atoms with van der Waals surface area (Å²) in [5, 5.41) is 4.34. The highest BCUT2D eigenvalue weighted by molar-refractivity contribution is 7.99. The minimum absolute atomic E-state index is 0.442. The van der Waals surface area contributed by atoms with Crippen LogP contribution in [0.5, 0.6) is 0 Å². The smallest absolute Gasteiger partial charge is 0.172 e. The molecule has 1 atom stereocenters. The van der Waals surface area contributed by atoms with Crippen LogP contribution in [0.25, 0.3) is 0 Å². The minimum Gasteiger partial charge on any atom is -0.329 e. The SMILES string of the molecule is CCC(NC)c1ccc(Sc2nccn2C)cc1. The summed E-state index contributed by atoms with van der Waals surface area (Å²) >= 11 is 1.69. The van der Waals surface area contributed by atoms with Crippen LogP contribution >= 0.6 is 11.8 Å². The fourth-order valence-corrected chi connectivity index (χ4v) is 2.73. The Kier molecular flexibility index (Phi) is 4.44. The third-order valence-corrected chi connectivity index (χ3v) is 4.11. The predicted molar refractivity (Wildman–Crippen MR) is 75.9 cm³/mol. The average molecular weight is 261 g/mol. The van der Waals surface area contributed by atoms with Crippen LogP contribution in [-0.4, -0.2) is 16.6 Å². The summed E-state index contributed by atoms with van der Waals surface area (Å²) < 4.78 is 2.03. The van der Waals surface area contributed by atoms with Gasteiger partial charge < -0.3 is 9.88 Å². The number of imidazole rings is 1. The van der Waals surface area contributed by atoms with Gasteiger partial charge in [-0.05, 0) is 31.2 Å². The molecule has 1 aromatic carbocycles. The highest BCUT2D eigenvalue weighted by Crippen LogP contribution is 2.27. The number of hydrogen-bond donors (Lipinski definition) is 1. The fourth-order valence-electron chi connectivity index (χ4n) is 1.93. The first-order valence-electron chi connectivity index (χ1n) is 6.17. The van der Waals surface area contributed by atoms with Crippen LogP contribution in [0.4, 0.5) is 0 Å². The second-order valence-corrected chi connectivity index (χ2v) is 5.28. The molecule has 2 aromatic rings. The molecule has 0 spiro atoms. The van der Waals surface area contributed by atoms with Crippen molar-refractivity contribution in [3.05, 3.63) is 42.2 Å². The van der Waals surface area contributed by atoms with Gasteiger partial charge in [-0.3, -0.25) is 0 Å². The van der Waals surface area contributed by atoms with E-state index in [0.29, 0.717) is 6.04 Å². The van der Waals surface area contributed by atoms with Crippen LogP contribution < -0.4 is 5.32 Å². The Hall–Kier alpha value is -1.26. The van der Waals surface area contributed by atoms with Gasteiger partial charge in [0.15, 0.2) is 5.16 Å². The van der Waals surface area contributed by atoms with Crippen LogP contribution in [0.1, 0.15) is 24.9 Å². The van der Waals surface area contributed by atoms with Crippen LogP contribution in [0, 0.1) is 0 Å². The van der Waals surface area contributed by atoms with Gasteiger partial charge in [0.25, 0.3) is 0 Å². The topological polar surface area (TPSA) is 29.9 Å². The first-order valence-corrected chi connectivity index (χ1v) is 6.98. The van der Waals surface area contributed by atoms with Gasteiger partial charge in [0.2, 0.25) is 0 Å². The van der Waals surface area contributed by atoms with Gasteiger partial charge in [-0.15, -0.1) is 0 Å². The Morgan fingerprint density at radius 2 is 2.06 bits per heavy atom. The summed E-state index contributed by atoms with van der Waals surface area (Å²) in [7, 11) is 4.02. The van der Waals surface area contributed by atoms with Crippen LogP contribution in [-0.2, 0) is 7.05 Å². The third-order valence-electron chi connectivity index (χ3n) is 3.03. The summed E-state index contributed by atoms with van der Waals surface area (Å²) in [6, 6.07) is 9.15. The molecule has 0 fully saturated rings. The second kappa shape index (κ2) is 6.07. The molecule has 4 heteroatoms. The lowest BCUT2D eigenvalue weighted by Crippen LogP contribution is -2.14. The van der Waals surface area contributed by atoms with Crippen molar-refractivity contribution in [2.45, 2.75) is 29.4 Å². The molecule has 96 valence electrons. The maximum Gasteiger partial charge on any atom is 0.172 e. The van der Waals surface area contributed by atoms with Crippen molar-refractivity contribution >= 4 is 11.8 Å². The maximum absolute atomic E-state index is 4.31. The van der Waals surface area contributed by atoms with Gasteiger partial charge in [0.05, 0.1) is 0 Å². The molecule has 0 aliphatic carbocycles. The summed E-state index contributed by atoms with van der Waals surface area (Å²) in [6.07, 6.45) is 4.89. The highest BCUT2D eigenvalue weighted by atomic mass is 32.2. The van der Waals surface area contributed by atoms with E-state index in [9.17, 15) is 0 Å². The van der Waals surface area contributed by atoms with Gasteiger partial charge >= 0.3 is 0 Å². The van der Waals surface area contributed by atoms with E-state index in [1.165, 1.54) is 10.5 Å².